The summed E-state index contributed by atoms with van der Waals surface area (Å²) >= 11 is 0. The highest BCUT2D eigenvalue weighted by atomic mass is 16.2. The molecule has 5 nitrogen and oxygen atoms in total. The lowest BCUT2D eigenvalue weighted by atomic mass is 10.1. The number of aryl methyl sites for hydroxylation is 1. The van der Waals surface area contributed by atoms with Gasteiger partial charge in [-0.25, -0.2) is 0 Å². The first-order chi connectivity index (χ1) is 8.01. The lowest BCUT2D eigenvalue weighted by Gasteiger charge is -2.26. The molecule has 0 spiro atoms. The predicted octanol–water partition coefficient (Wildman–Crippen LogP) is 1.55. The first-order valence-corrected chi connectivity index (χ1v) is 5.75. The number of nitrogens with zero attached hydrogens (tertiary/aromatic N) is 2. The van der Waals surface area contributed by atoms with Crippen LogP contribution in [0.5, 0.6) is 0 Å². The van der Waals surface area contributed by atoms with Gasteiger partial charge in [0.15, 0.2) is 0 Å². The Bertz CT molecular complexity index is 403. The van der Waals surface area contributed by atoms with Gasteiger partial charge in [-0.3, -0.25) is 15.6 Å². The zero-order chi connectivity index (χ0) is 13.0. The number of nitrogens with one attached hydrogen (secondary N) is 1. The molecule has 0 bridgehead atoms. The van der Waals surface area contributed by atoms with Gasteiger partial charge in [0.05, 0.1) is 11.3 Å². The lowest BCUT2D eigenvalue weighted by Crippen LogP contribution is -2.37. The third-order valence-corrected chi connectivity index (χ3v) is 2.65. The third kappa shape index (κ3) is 2.94. The summed E-state index contributed by atoms with van der Waals surface area (Å²) in [6, 6.07) is 1.92. The Hall–Kier alpha value is -1.62. The Morgan fingerprint density at radius 3 is 2.71 bits per heavy atom. The Labute approximate surface area is 102 Å². The van der Waals surface area contributed by atoms with Gasteiger partial charge in [-0.2, -0.15) is 0 Å². The van der Waals surface area contributed by atoms with Crippen LogP contribution in [-0.4, -0.2) is 28.4 Å². The van der Waals surface area contributed by atoms with Crippen molar-refractivity contribution in [2.45, 2.75) is 33.7 Å². The highest BCUT2D eigenvalue weighted by Gasteiger charge is 2.20. The fourth-order valence-corrected chi connectivity index (χ4v) is 1.75. The van der Waals surface area contributed by atoms with Gasteiger partial charge in [0, 0.05) is 24.5 Å². The summed E-state index contributed by atoms with van der Waals surface area (Å²) in [7, 11) is 0. The van der Waals surface area contributed by atoms with Gasteiger partial charge in [0.2, 0.25) is 0 Å². The second-order valence-corrected chi connectivity index (χ2v) is 4.20. The number of nitrogens with two attached hydrogens (primary N) is 1. The summed E-state index contributed by atoms with van der Waals surface area (Å²) in [5.74, 6) is 5.37. The van der Waals surface area contributed by atoms with E-state index >= 15 is 0 Å². The quantitative estimate of drug-likeness (QED) is 0.614. The number of nitrogen functional groups attached to an aromatic ring is 1. The summed E-state index contributed by atoms with van der Waals surface area (Å²) in [5.41, 5.74) is 4.49. The molecule has 0 aliphatic rings. The van der Waals surface area contributed by atoms with Gasteiger partial charge >= 0.3 is 0 Å². The molecule has 0 unspecified atom stereocenters. The minimum Gasteiger partial charge on any atom is -0.336 e. The Balaban J connectivity index is 3.11. The van der Waals surface area contributed by atoms with E-state index in [4.69, 9.17) is 5.84 Å². The number of hydrazine groups is 1. The number of aromatic nitrogens is 1. The molecule has 0 aliphatic carbocycles. The molecule has 1 rings (SSSR count). The molecular weight excluding hydrogens is 216 g/mol. The number of pyridine rings is 1. The molecule has 0 fully saturated rings. The highest BCUT2D eigenvalue weighted by Crippen LogP contribution is 2.17. The molecule has 0 saturated heterocycles. The van der Waals surface area contributed by atoms with Crippen LogP contribution >= 0.6 is 0 Å². The van der Waals surface area contributed by atoms with Crippen molar-refractivity contribution < 1.29 is 4.79 Å². The number of anilines is 1. The molecule has 0 radical (unpaired) electrons. The van der Waals surface area contributed by atoms with Crippen LogP contribution in [0.4, 0.5) is 5.69 Å². The van der Waals surface area contributed by atoms with Gasteiger partial charge in [-0.15, -0.1) is 0 Å². The van der Waals surface area contributed by atoms with Crippen molar-refractivity contribution in [1.82, 2.24) is 9.88 Å². The van der Waals surface area contributed by atoms with Crippen LogP contribution < -0.4 is 11.3 Å². The Morgan fingerprint density at radius 1 is 1.59 bits per heavy atom. The maximum atomic E-state index is 12.3. The van der Waals surface area contributed by atoms with Crippen LogP contribution in [0.3, 0.4) is 0 Å². The number of amides is 1. The summed E-state index contributed by atoms with van der Waals surface area (Å²) in [5, 5.41) is 0. The Kier molecular flexibility index (Phi) is 4.45. The summed E-state index contributed by atoms with van der Waals surface area (Å²) in [6.07, 6.45) is 1.57. The van der Waals surface area contributed by atoms with Crippen molar-refractivity contribution in [2.75, 3.05) is 12.0 Å². The van der Waals surface area contributed by atoms with Gasteiger partial charge in [0.25, 0.3) is 5.91 Å². The minimum absolute atomic E-state index is 0.0528. The number of hydrogen-bond donors (Lipinski definition) is 2. The van der Waals surface area contributed by atoms with Crippen molar-refractivity contribution in [1.29, 1.82) is 0 Å². The van der Waals surface area contributed by atoms with E-state index in [1.807, 2.05) is 27.7 Å². The van der Waals surface area contributed by atoms with Crippen molar-refractivity contribution in [3.05, 3.63) is 23.5 Å². The maximum absolute atomic E-state index is 12.3. The fourth-order valence-electron chi connectivity index (χ4n) is 1.75. The van der Waals surface area contributed by atoms with Crippen molar-refractivity contribution >= 4 is 11.6 Å². The topological polar surface area (TPSA) is 71.2 Å². The molecule has 0 atom stereocenters. The van der Waals surface area contributed by atoms with E-state index in [9.17, 15) is 4.79 Å². The van der Waals surface area contributed by atoms with Gasteiger partial charge in [0.1, 0.15) is 0 Å². The molecule has 0 aliphatic heterocycles. The third-order valence-electron chi connectivity index (χ3n) is 2.65. The molecule has 0 saturated carbocycles. The maximum Gasteiger partial charge on any atom is 0.257 e. The van der Waals surface area contributed by atoms with Gasteiger partial charge in [-0.1, -0.05) is 0 Å². The van der Waals surface area contributed by atoms with Crippen LogP contribution in [0.15, 0.2) is 12.3 Å². The van der Waals surface area contributed by atoms with Gasteiger partial charge in [-0.05, 0) is 33.8 Å². The average Bonchev–Trinajstić information content (AvgIpc) is 2.28. The number of rotatable bonds is 4. The lowest BCUT2D eigenvalue weighted by molar-refractivity contribution is 0.0717. The van der Waals surface area contributed by atoms with Crippen LogP contribution in [0, 0.1) is 6.92 Å². The number of carbonyl (C=O) groups is 1. The van der Waals surface area contributed by atoms with E-state index in [0.717, 1.165) is 5.69 Å². The standard InChI is InChI=1S/C12H20N4O/c1-5-16(8(2)3)12(17)10-7-14-9(4)6-11(10)15-13/h6-8H,5,13H2,1-4H3,(H,14,15). The first-order valence-electron chi connectivity index (χ1n) is 5.75. The van der Waals surface area contributed by atoms with Crippen molar-refractivity contribution in [2.24, 2.45) is 5.84 Å². The summed E-state index contributed by atoms with van der Waals surface area (Å²) in [4.78, 5) is 18.2. The van der Waals surface area contributed by atoms with Crippen molar-refractivity contribution in [3.63, 3.8) is 0 Å². The van der Waals surface area contributed by atoms with Crippen LogP contribution in [0.2, 0.25) is 0 Å². The fraction of sp³-hybridized carbons (Fsp3) is 0.500. The average molecular weight is 236 g/mol. The van der Waals surface area contributed by atoms with Crippen LogP contribution in [0.1, 0.15) is 36.8 Å². The molecule has 17 heavy (non-hydrogen) atoms. The van der Waals surface area contributed by atoms with E-state index in [2.05, 4.69) is 10.4 Å². The van der Waals surface area contributed by atoms with Crippen LogP contribution in [0.25, 0.3) is 0 Å². The smallest absolute Gasteiger partial charge is 0.257 e. The van der Waals surface area contributed by atoms with E-state index in [0.29, 0.717) is 17.8 Å². The first kappa shape index (κ1) is 13.4. The SMILES string of the molecule is CCN(C(=O)c1cnc(C)cc1NN)C(C)C. The molecule has 94 valence electrons. The minimum atomic E-state index is -0.0528. The van der Waals surface area contributed by atoms with Crippen LogP contribution in [-0.2, 0) is 0 Å². The van der Waals surface area contributed by atoms with Crippen molar-refractivity contribution in [3.8, 4) is 0 Å². The molecule has 1 amide bonds. The predicted molar refractivity (Wildman–Crippen MR) is 68.6 cm³/mol. The number of carbonyl (C=O) groups excluding carboxylic acids is 1. The zero-order valence-electron chi connectivity index (χ0n) is 10.8. The molecule has 1 heterocycles. The molecule has 3 N–H and O–H groups in total. The molecule has 5 heteroatoms. The summed E-state index contributed by atoms with van der Waals surface area (Å²) in [6.45, 7) is 8.44. The second kappa shape index (κ2) is 5.63. The normalized spacial score (nSPS) is 10.5. The van der Waals surface area contributed by atoms with E-state index in [1.165, 1.54) is 0 Å². The number of hydrogen-bond acceptors (Lipinski definition) is 4. The molecule has 1 aromatic heterocycles. The second-order valence-electron chi connectivity index (χ2n) is 4.20. The molecule has 1 aromatic rings. The van der Waals surface area contributed by atoms with Gasteiger partial charge < -0.3 is 10.3 Å². The van der Waals surface area contributed by atoms with E-state index in [1.54, 1.807) is 17.2 Å². The monoisotopic (exact) mass is 236 g/mol. The summed E-state index contributed by atoms with van der Waals surface area (Å²) < 4.78 is 0. The zero-order valence-corrected chi connectivity index (χ0v) is 10.8. The largest absolute Gasteiger partial charge is 0.336 e. The molecular formula is C12H20N4O. The molecule has 0 aromatic carbocycles. The Morgan fingerprint density at radius 2 is 2.24 bits per heavy atom. The van der Waals surface area contributed by atoms with E-state index < -0.39 is 0 Å². The van der Waals surface area contributed by atoms with E-state index in [-0.39, 0.29) is 11.9 Å². The highest BCUT2D eigenvalue weighted by molar-refractivity contribution is 5.99.